The van der Waals surface area contributed by atoms with E-state index in [2.05, 4.69) is 38.1 Å². The first-order valence-corrected chi connectivity index (χ1v) is 9.59. The molecule has 116 valence electrons. The molecule has 0 bridgehead atoms. The Morgan fingerprint density at radius 2 is 1.90 bits per heavy atom. The van der Waals surface area contributed by atoms with Crippen LogP contribution >= 0.6 is 23.5 Å². The highest BCUT2D eigenvalue weighted by Gasteiger charge is 2.27. The molecular formula is C17H24O2S2. The van der Waals surface area contributed by atoms with Crippen LogP contribution in [-0.2, 0) is 4.79 Å². The Kier molecular flexibility index (Phi) is 6.49. The summed E-state index contributed by atoms with van der Waals surface area (Å²) < 4.78 is 0. The van der Waals surface area contributed by atoms with Crippen LogP contribution in [0.2, 0.25) is 0 Å². The lowest BCUT2D eigenvalue weighted by Crippen LogP contribution is -2.25. The van der Waals surface area contributed by atoms with Gasteiger partial charge in [-0.05, 0) is 30.4 Å². The minimum Gasteiger partial charge on any atom is -0.481 e. The van der Waals surface area contributed by atoms with Crippen molar-refractivity contribution in [3.05, 3.63) is 29.8 Å². The van der Waals surface area contributed by atoms with Gasteiger partial charge < -0.3 is 5.11 Å². The van der Waals surface area contributed by atoms with E-state index in [-0.39, 0.29) is 5.75 Å². The summed E-state index contributed by atoms with van der Waals surface area (Å²) >= 11 is 3.59. The molecule has 0 amide bonds. The third-order valence-electron chi connectivity index (χ3n) is 3.88. The predicted octanol–water partition coefficient (Wildman–Crippen LogP) is 5.03. The molecule has 1 aliphatic carbocycles. The van der Waals surface area contributed by atoms with Gasteiger partial charge in [0.2, 0.25) is 0 Å². The summed E-state index contributed by atoms with van der Waals surface area (Å²) in [5, 5.41) is 9.93. The summed E-state index contributed by atoms with van der Waals surface area (Å²) in [7, 11) is 0. The van der Waals surface area contributed by atoms with Crippen molar-refractivity contribution in [3.8, 4) is 0 Å². The van der Waals surface area contributed by atoms with E-state index >= 15 is 0 Å². The zero-order chi connectivity index (χ0) is 15.2. The highest BCUT2D eigenvalue weighted by atomic mass is 32.2. The zero-order valence-corrected chi connectivity index (χ0v) is 14.4. The fourth-order valence-electron chi connectivity index (χ4n) is 2.79. The van der Waals surface area contributed by atoms with Gasteiger partial charge in [-0.25, -0.2) is 0 Å². The molecule has 21 heavy (non-hydrogen) atoms. The fourth-order valence-corrected chi connectivity index (χ4v) is 5.73. The van der Waals surface area contributed by atoms with Gasteiger partial charge in [0.1, 0.15) is 0 Å². The van der Waals surface area contributed by atoms with Crippen molar-refractivity contribution in [1.29, 1.82) is 0 Å². The van der Waals surface area contributed by atoms with E-state index in [0.717, 1.165) is 6.42 Å². The molecule has 2 nitrogen and oxygen atoms in total. The smallest absolute Gasteiger partial charge is 0.313 e. The Bertz CT molecular complexity index is 474. The van der Waals surface area contributed by atoms with Gasteiger partial charge in [0.25, 0.3) is 0 Å². The van der Waals surface area contributed by atoms with E-state index < -0.39 is 5.97 Å². The van der Waals surface area contributed by atoms with Crippen LogP contribution in [0.15, 0.2) is 29.2 Å². The van der Waals surface area contributed by atoms with Gasteiger partial charge in [-0.1, -0.05) is 44.9 Å². The number of aliphatic carboxylic acids is 1. The molecule has 1 aromatic carbocycles. The second-order valence-corrected chi connectivity index (χ2v) is 8.39. The van der Waals surface area contributed by atoms with Gasteiger partial charge in [0.15, 0.2) is 0 Å². The molecule has 1 saturated carbocycles. The second-order valence-electron chi connectivity index (χ2n) is 5.88. The van der Waals surface area contributed by atoms with Crippen LogP contribution in [-0.4, -0.2) is 27.3 Å². The molecule has 1 fully saturated rings. The van der Waals surface area contributed by atoms with E-state index in [1.54, 1.807) is 11.8 Å². The average Bonchev–Trinajstić information content (AvgIpc) is 2.46. The van der Waals surface area contributed by atoms with Gasteiger partial charge in [-0.2, -0.15) is 0 Å². The first kappa shape index (κ1) is 16.8. The van der Waals surface area contributed by atoms with Crippen LogP contribution in [0.25, 0.3) is 0 Å². The monoisotopic (exact) mass is 324 g/mol. The molecule has 2 rings (SSSR count). The van der Waals surface area contributed by atoms with E-state index in [1.807, 2.05) is 11.8 Å². The SMILES string of the molecule is CC(C)c1ccccc1S[C@@H]1CCCC[C@H]1SCC(=O)O. The third-order valence-corrected chi connectivity index (χ3v) is 6.95. The van der Waals surface area contributed by atoms with Gasteiger partial charge in [0, 0.05) is 15.4 Å². The number of carboxylic acids is 1. The molecular weight excluding hydrogens is 300 g/mol. The molecule has 0 unspecified atom stereocenters. The second kappa shape index (κ2) is 8.14. The van der Waals surface area contributed by atoms with Crippen molar-refractivity contribution in [3.63, 3.8) is 0 Å². The number of hydrogen-bond acceptors (Lipinski definition) is 3. The van der Waals surface area contributed by atoms with Crippen molar-refractivity contribution < 1.29 is 9.90 Å². The summed E-state index contributed by atoms with van der Waals surface area (Å²) in [6, 6.07) is 8.65. The van der Waals surface area contributed by atoms with E-state index in [9.17, 15) is 4.79 Å². The van der Waals surface area contributed by atoms with Crippen molar-refractivity contribution >= 4 is 29.5 Å². The topological polar surface area (TPSA) is 37.3 Å². The summed E-state index contributed by atoms with van der Waals surface area (Å²) in [4.78, 5) is 12.2. The number of thioether (sulfide) groups is 2. The maximum absolute atomic E-state index is 10.8. The Morgan fingerprint density at radius 3 is 2.57 bits per heavy atom. The van der Waals surface area contributed by atoms with Crippen molar-refractivity contribution in [2.24, 2.45) is 0 Å². The van der Waals surface area contributed by atoms with Crippen LogP contribution in [0, 0.1) is 0 Å². The summed E-state index contributed by atoms with van der Waals surface area (Å²) in [6.07, 6.45) is 4.86. The lowest BCUT2D eigenvalue weighted by Gasteiger charge is -2.31. The number of carbonyl (C=O) groups is 1. The Balaban J connectivity index is 2.06. The Hall–Kier alpha value is -0.610. The van der Waals surface area contributed by atoms with Gasteiger partial charge in [-0.3, -0.25) is 4.79 Å². The van der Waals surface area contributed by atoms with Crippen molar-refractivity contribution in [2.75, 3.05) is 5.75 Å². The standard InChI is InChI=1S/C17H24O2S2/c1-12(2)13-7-3-4-8-14(13)21-16-10-6-5-9-15(16)20-11-17(18)19/h3-4,7-8,12,15-16H,5-6,9-11H2,1-2H3,(H,18,19)/t15-,16-/m1/s1. The van der Waals surface area contributed by atoms with Crippen molar-refractivity contribution in [2.45, 2.75) is 60.8 Å². The largest absolute Gasteiger partial charge is 0.481 e. The normalized spacial score (nSPS) is 22.4. The molecule has 0 spiro atoms. The number of rotatable bonds is 6. The van der Waals surface area contributed by atoms with E-state index in [0.29, 0.717) is 16.4 Å². The molecule has 0 radical (unpaired) electrons. The molecule has 0 aliphatic heterocycles. The molecule has 0 aromatic heterocycles. The maximum atomic E-state index is 10.8. The molecule has 2 atom stereocenters. The highest BCUT2D eigenvalue weighted by molar-refractivity contribution is 8.04. The van der Waals surface area contributed by atoms with Crippen molar-refractivity contribution in [1.82, 2.24) is 0 Å². The molecule has 0 saturated heterocycles. The van der Waals surface area contributed by atoms with Crippen LogP contribution in [0.3, 0.4) is 0 Å². The minimum absolute atomic E-state index is 0.230. The summed E-state index contributed by atoms with van der Waals surface area (Å²) in [5.41, 5.74) is 1.41. The number of hydrogen-bond donors (Lipinski definition) is 1. The first-order chi connectivity index (χ1) is 10.1. The van der Waals surface area contributed by atoms with Gasteiger partial charge in [-0.15, -0.1) is 23.5 Å². The highest BCUT2D eigenvalue weighted by Crippen LogP contribution is 2.41. The molecule has 4 heteroatoms. The van der Waals surface area contributed by atoms with Crippen LogP contribution in [0.4, 0.5) is 0 Å². The van der Waals surface area contributed by atoms with Crippen LogP contribution in [0.5, 0.6) is 0 Å². The lowest BCUT2D eigenvalue weighted by atomic mass is 10.00. The fraction of sp³-hybridized carbons (Fsp3) is 0.588. The quantitative estimate of drug-likeness (QED) is 0.796. The zero-order valence-electron chi connectivity index (χ0n) is 12.7. The molecule has 1 aliphatic rings. The van der Waals surface area contributed by atoms with Gasteiger partial charge in [0.05, 0.1) is 5.75 Å². The maximum Gasteiger partial charge on any atom is 0.313 e. The molecule has 0 heterocycles. The van der Waals surface area contributed by atoms with Crippen LogP contribution < -0.4 is 0 Å². The summed E-state index contributed by atoms with van der Waals surface area (Å²) in [6.45, 7) is 4.47. The Morgan fingerprint density at radius 1 is 1.24 bits per heavy atom. The average molecular weight is 325 g/mol. The van der Waals surface area contributed by atoms with Gasteiger partial charge >= 0.3 is 5.97 Å². The number of benzene rings is 1. The van der Waals surface area contributed by atoms with E-state index in [4.69, 9.17) is 5.11 Å². The summed E-state index contributed by atoms with van der Waals surface area (Å²) in [5.74, 6) is 0.0624. The third kappa shape index (κ3) is 4.96. The lowest BCUT2D eigenvalue weighted by molar-refractivity contribution is -0.133. The van der Waals surface area contributed by atoms with Crippen LogP contribution in [0.1, 0.15) is 51.0 Å². The number of carboxylic acid groups (broad SMARTS) is 1. The molecule has 1 N–H and O–H groups in total. The van der Waals surface area contributed by atoms with E-state index in [1.165, 1.54) is 29.7 Å². The Labute approximate surface area is 136 Å². The minimum atomic E-state index is -0.697. The molecule has 1 aromatic rings. The first-order valence-electron chi connectivity index (χ1n) is 7.67. The predicted molar refractivity (Wildman–Crippen MR) is 92.5 cm³/mol.